The Hall–Kier alpha value is -1.30. The molecule has 0 radical (unpaired) electrons. The minimum absolute atomic E-state index is 0.0180. The zero-order valence-electron chi connectivity index (χ0n) is 15.6. The first kappa shape index (κ1) is 19.0. The standard InChI is InChI=1S/C18H33N3O3/c1-5-20-12-9-14(10-13-20)19-16(22)15-8-6-7-11-21(15)17(23)24-18(2,3)4/h14-15H,5-13H2,1-4H3,(H,19,22). The average Bonchev–Trinajstić information content (AvgIpc) is 2.54. The van der Waals surface area contributed by atoms with Gasteiger partial charge < -0.3 is 15.0 Å². The highest BCUT2D eigenvalue weighted by Gasteiger charge is 2.35. The Labute approximate surface area is 145 Å². The number of carbonyl (C=O) groups excluding carboxylic acids is 2. The second-order valence-corrected chi connectivity index (χ2v) is 7.90. The smallest absolute Gasteiger partial charge is 0.410 e. The molecule has 2 aliphatic heterocycles. The summed E-state index contributed by atoms with van der Waals surface area (Å²) in [6.07, 6.45) is 4.23. The van der Waals surface area contributed by atoms with E-state index in [2.05, 4.69) is 17.1 Å². The van der Waals surface area contributed by atoms with Crippen LogP contribution in [-0.4, -0.2) is 65.7 Å². The van der Waals surface area contributed by atoms with Gasteiger partial charge in [-0.05, 0) is 59.4 Å². The minimum atomic E-state index is -0.539. The fourth-order valence-electron chi connectivity index (χ4n) is 3.43. The topological polar surface area (TPSA) is 61.9 Å². The largest absolute Gasteiger partial charge is 0.444 e. The summed E-state index contributed by atoms with van der Waals surface area (Å²) in [5, 5.41) is 3.17. The summed E-state index contributed by atoms with van der Waals surface area (Å²) < 4.78 is 5.48. The number of piperidine rings is 2. The van der Waals surface area contributed by atoms with Gasteiger partial charge in [-0.2, -0.15) is 0 Å². The molecular formula is C18H33N3O3. The zero-order valence-corrected chi connectivity index (χ0v) is 15.6. The Morgan fingerprint density at radius 3 is 2.33 bits per heavy atom. The van der Waals surface area contributed by atoms with Crippen LogP contribution in [0.1, 0.15) is 59.8 Å². The van der Waals surface area contributed by atoms with Gasteiger partial charge in [-0.25, -0.2) is 4.79 Å². The van der Waals surface area contributed by atoms with Crippen LogP contribution in [0.2, 0.25) is 0 Å². The molecule has 24 heavy (non-hydrogen) atoms. The lowest BCUT2D eigenvalue weighted by atomic mass is 10.00. The normalized spacial score (nSPS) is 23.8. The molecular weight excluding hydrogens is 306 g/mol. The van der Waals surface area contributed by atoms with Crippen molar-refractivity contribution in [2.75, 3.05) is 26.2 Å². The Morgan fingerprint density at radius 2 is 1.75 bits per heavy atom. The molecule has 2 amide bonds. The van der Waals surface area contributed by atoms with Crippen molar-refractivity contribution in [2.45, 2.75) is 77.5 Å². The van der Waals surface area contributed by atoms with E-state index in [0.29, 0.717) is 6.54 Å². The molecule has 0 aromatic carbocycles. The first-order chi connectivity index (χ1) is 11.3. The lowest BCUT2D eigenvalue weighted by molar-refractivity contribution is -0.128. The highest BCUT2D eigenvalue weighted by molar-refractivity contribution is 5.86. The fourth-order valence-corrected chi connectivity index (χ4v) is 3.43. The highest BCUT2D eigenvalue weighted by Crippen LogP contribution is 2.21. The Kier molecular flexibility index (Phi) is 6.49. The highest BCUT2D eigenvalue weighted by atomic mass is 16.6. The maximum atomic E-state index is 12.7. The van der Waals surface area contributed by atoms with Crippen LogP contribution in [0.15, 0.2) is 0 Å². The third kappa shape index (κ3) is 5.36. The predicted octanol–water partition coefficient (Wildman–Crippen LogP) is 2.38. The summed E-state index contributed by atoms with van der Waals surface area (Å²) in [5.41, 5.74) is -0.539. The number of likely N-dealkylation sites (tertiary alicyclic amines) is 2. The molecule has 1 unspecified atom stereocenters. The lowest BCUT2D eigenvalue weighted by Crippen LogP contribution is -2.55. The molecule has 6 heteroatoms. The molecule has 0 aromatic heterocycles. The van der Waals surface area contributed by atoms with Gasteiger partial charge in [-0.1, -0.05) is 6.92 Å². The molecule has 0 bridgehead atoms. The number of carbonyl (C=O) groups is 2. The van der Waals surface area contributed by atoms with Gasteiger partial charge in [0.15, 0.2) is 0 Å². The van der Waals surface area contributed by atoms with Crippen molar-refractivity contribution in [3.63, 3.8) is 0 Å². The van der Waals surface area contributed by atoms with Crippen molar-refractivity contribution in [1.29, 1.82) is 0 Å². The maximum absolute atomic E-state index is 12.7. The van der Waals surface area contributed by atoms with Gasteiger partial charge in [0, 0.05) is 25.7 Å². The van der Waals surface area contributed by atoms with E-state index >= 15 is 0 Å². The van der Waals surface area contributed by atoms with Crippen LogP contribution in [0.3, 0.4) is 0 Å². The van der Waals surface area contributed by atoms with Gasteiger partial charge in [0.05, 0.1) is 0 Å². The molecule has 0 aromatic rings. The summed E-state index contributed by atoms with van der Waals surface area (Å²) in [7, 11) is 0. The first-order valence-corrected chi connectivity index (χ1v) is 9.32. The first-order valence-electron chi connectivity index (χ1n) is 9.32. The quantitative estimate of drug-likeness (QED) is 0.857. The number of rotatable bonds is 3. The van der Waals surface area contributed by atoms with Gasteiger partial charge in [0.2, 0.25) is 5.91 Å². The van der Waals surface area contributed by atoms with Crippen LogP contribution in [0, 0.1) is 0 Å². The minimum Gasteiger partial charge on any atom is -0.444 e. The van der Waals surface area contributed by atoms with Crippen molar-refractivity contribution >= 4 is 12.0 Å². The molecule has 0 saturated carbocycles. The van der Waals surface area contributed by atoms with Crippen LogP contribution >= 0.6 is 0 Å². The fraction of sp³-hybridized carbons (Fsp3) is 0.889. The number of ether oxygens (including phenoxy) is 1. The SMILES string of the molecule is CCN1CCC(NC(=O)C2CCCCN2C(=O)OC(C)(C)C)CC1. The summed E-state index contributed by atoms with van der Waals surface area (Å²) in [6, 6.07) is -0.166. The second-order valence-electron chi connectivity index (χ2n) is 7.90. The van der Waals surface area contributed by atoms with Crippen molar-refractivity contribution in [2.24, 2.45) is 0 Å². The van der Waals surface area contributed by atoms with Crippen LogP contribution < -0.4 is 5.32 Å². The number of nitrogens with one attached hydrogen (secondary N) is 1. The van der Waals surface area contributed by atoms with E-state index in [1.54, 1.807) is 4.90 Å². The molecule has 1 N–H and O–H groups in total. The molecule has 0 aliphatic carbocycles. The average molecular weight is 339 g/mol. The number of hydrogen-bond donors (Lipinski definition) is 1. The van der Waals surface area contributed by atoms with Crippen molar-refractivity contribution in [3.05, 3.63) is 0 Å². The molecule has 2 saturated heterocycles. The van der Waals surface area contributed by atoms with E-state index in [0.717, 1.165) is 51.7 Å². The van der Waals surface area contributed by atoms with E-state index in [1.165, 1.54) is 0 Å². The van der Waals surface area contributed by atoms with E-state index in [-0.39, 0.29) is 18.0 Å². The van der Waals surface area contributed by atoms with Crippen LogP contribution in [0.25, 0.3) is 0 Å². The van der Waals surface area contributed by atoms with Gasteiger partial charge in [-0.15, -0.1) is 0 Å². The van der Waals surface area contributed by atoms with Crippen LogP contribution in [0.4, 0.5) is 4.79 Å². The van der Waals surface area contributed by atoms with E-state index < -0.39 is 11.6 Å². The Bertz CT molecular complexity index is 439. The number of hydrogen-bond acceptors (Lipinski definition) is 4. The van der Waals surface area contributed by atoms with Gasteiger partial charge in [0.1, 0.15) is 11.6 Å². The van der Waals surface area contributed by atoms with Crippen LogP contribution in [-0.2, 0) is 9.53 Å². The molecule has 2 aliphatic rings. The van der Waals surface area contributed by atoms with E-state index in [1.807, 2.05) is 20.8 Å². The van der Waals surface area contributed by atoms with E-state index in [9.17, 15) is 9.59 Å². The van der Waals surface area contributed by atoms with Crippen molar-refractivity contribution < 1.29 is 14.3 Å². The summed E-state index contributed by atoms with van der Waals surface area (Å²) in [6.45, 7) is 11.4. The summed E-state index contributed by atoms with van der Waals surface area (Å²) in [5.74, 6) is -0.0180. The van der Waals surface area contributed by atoms with Gasteiger partial charge in [0.25, 0.3) is 0 Å². The molecule has 2 heterocycles. The maximum Gasteiger partial charge on any atom is 0.410 e. The molecule has 1 atom stereocenters. The second kappa shape index (κ2) is 8.19. The lowest BCUT2D eigenvalue weighted by Gasteiger charge is -2.37. The van der Waals surface area contributed by atoms with Crippen molar-refractivity contribution in [3.8, 4) is 0 Å². The zero-order chi connectivity index (χ0) is 17.7. The Morgan fingerprint density at radius 1 is 1.08 bits per heavy atom. The van der Waals surface area contributed by atoms with Crippen LogP contribution in [0.5, 0.6) is 0 Å². The third-order valence-corrected chi connectivity index (χ3v) is 4.81. The molecule has 2 fully saturated rings. The Balaban J connectivity index is 1.92. The molecule has 6 nitrogen and oxygen atoms in total. The van der Waals surface area contributed by atoms with E-state index in [4.69, 9.17) is 4.74 Å². The summed E-state index contributed by atoms with van der Waals surface area (Å²) >= 11 is 0. The molecule has 0 spiro atoms. The van der Waals surface area contributed by atoms with Gasteiger partial charge >= 0.3 is 6.09 Å². The molecule has 138 valence electrons. The molecule has 2 rings (SSSR count). The number of nitrogens with zero attached hydrogens (tertiary/aromatic N) is 2. The number of amides is 2. The third-order valence-electron chi connectivity index (χ3n) is 4.81. The van der Waals surface area contributed by atoms with Crippen molar-refractivity contribution in [1.82, 2.24) is 15.1 Å². The monoisotopic (exact) mass is 339 g/mol. The van der Waals surface area contributed by atoms with Gasteiger partial charge in [-0.3, -0.25) is 9.69 Å². The summed E-state index contributed by atoms with van der Waals surface area (Å²) in [4.78, 5) is 29.2. The predicted molar refractivity (Wildman–Crippen MR) is 93.9 cm³/mol.